The monoisotopic (exact) mass is 445 g/mol. The van der Waals surface area contributed by atoms with Crippen molar-refractivity contribution in [1.82, 2.24) is 10.2 Å². The van der Waals surface area contributed by atoms with E-state index in [1.807, 2.05) is 24.3 Å². The van der Waals surface area contributed by atoms with Gasteiger partial charge in [0, 0.05) is 31.4 Å². The zero-order valence-electron chi connectivity index (χ0n) is 19.7. The van der Waals surface area contributed by atoms with Gasteiger partial charge in [-0.1, -0.05) is 56.3 Å². The normalized spacial score (nSPS) is 19.7. The van der Waals surface area contributed by atoms with E-state index in [-0.39, 0.29) is 23.8 Å². The fourth-order valence-electron chi connectivity index (χ4n) is 4.71. The first-order valence-corrected chi connectivity index (χ1v) is 12.5. The lowest BCUT2D eigenvalue weighted by molar-refractivity contribution is -0.125. The molecule has 3 fully saturated rings. The summed E-state index contributed by atoms with van der Waals surface area (Å²) in [4.78, 5) is 28.8. The lowest BCUT2D eigenvalue weighted by atomic mass is 9.87. The second kappa shape index (κ2) is 9.30. The van der Waals surface area contributed by atoms with Gasteiger partial charge in [0.05, 0.1) is 11.8 Å². The maximum absolute atomic E-state index is 13.4. The Morgan fingerprint density at radius 1 is 0.939 bits per heavy atom. The van der Waals surface area contributed by atoms with E-state index in [1.165, 1.54) is 18.4 Å². The predicted molar refractivity (Wildman–Crippen MR) is 131 cm³/mol. The Morgan fingerprint density at radius 3 is 2.24 bits per heavy atom. The molecule has 174 valence electrons. The van der Waals surface area contributed by atoms with Gasteiger partial charge in [-0.05, 0) is 60.3 Å². The number of nitrogens with one attached hydrogen (secondary N) is 2. The van der Waals surface area contributed by atoms with Gasteiger partial charge in [0.15, 0.2) is 0 Å². The molecule has 5 rings (SSSR count). The van der Waals surface area contributed by atoms with Crippen molar-refractivity contribution in [3.63, 3.8) is 0 Å². The lowest BCUT2D eigenvalue weighted by Gasteiger charge is -2.38. The maximum atomic E-state index is 13.4. The molecule has 2 amide bonds. The van der Waals surface area contributed by atoms with Crippen LogP contribution in [-0.2, 0) is 9.59 Å². The van der Waals surface area contributed by atoms with Gasteiger partial charge in [0.25, 0.3) is 0 Å². The number of benzene rings is 2. The average Bonchev–Trinajstić information content (AvgIpc) is 3.69. The molecule has 3 aliphatic rings. The van der Waals surface area contributed by atoms with Gasteiger partial charge in [-0.3, -0.25) is 9.59 Å². The second-order valence-corrected chi connectivity index (χ2v) is 10.5. The van der Waals surface area contributed by atoms with Crippen LogP contribution in [0.4, 0.5) is 5.69 Å². The third-order valence-electron chi connectivity index (χ3n) is 7.19. The highest BCUT2D eigenvalue weighted by molar-refractivity contribution is 5.96. The van der Waals surface area contributed by atoms with Crippen LogP contribution < -0.4 is 10.6 Å². The summed E-state index contributed by atoms with van der Waals surface area (Å²) < 4.78 is 0. The Bertz CT molecular complexity index is 1000. The Hall–Kier alpha value is -2.66. The summed E-state index contributed by atoms with van der Waals surface area (Å²) >= 11 is 0. The molecule has 1 unspecified atom stereocenters. The first-order chi connectivity index (χ1) is 16.0. The van der Waals surface area contributed by atoms with Crippen molar-refractivity contribution in [2.45, 2.75) is 57.4 Å². The Kier molecular flexibility index (Phi) is 6.24. The van der Waals surface area contributed by atoms with Crippen molar-refractivity contribution in [2.24, 2.45) is 11.8 Å². The highest BCUT2D eigenvalue weighted by Crippen LogP contribution is 2.35. The minimum absolute atomic E-state index is 0.00995. The number of rotatable bonds is 9. The van der Waals surface area contributed by atoms with E-state index in [0.29, 0.717) is 5.92 Å². The lowest BCUT2D eigenvalue weighted by Crippen LogP contribution is -2.52. The van der Waals surface area contributed by atoms with Crippen LogP contribution in [0.1, 0.15) is 68.1 Å². The minimum atomic E-state index is -0.448. The van der Waals surface area contributed by atoms with Crippen molar-refractivity contribution < 1.29 is 9.59 Å². The third-order valence-corrected chi connectivity index (χ3v) is 7.19. The standard InChI is InChI=1S/C28H35N3O2/c1-18(2)20-9-11-21(12-10-20)26(28(33)29-23-13-14-23)24-5-3-4-6-25(24)30-27(32)22-16-31(17-22)15-19-7-8-19/h3-6,9-12,18-19,22-23,26H,7-8,13-17H2,1-2H3,(H,29,33)(H,30,32). The molecule has 0 bridgehead atoms. The average molecular weight is 446 g/mol. The van der Waals surface area contributed by atoms with Gasteiger partial charge >= 0.3 is 0 Å². The fourth-order valence-corrected chi connectivity index (χ4v) is 4.71. The summed E-state index contributed by atoms with van der Waals surface area (Å²) in [7, 11) is 0. The number of hydrogen-bond acceptors (Lipinski definition) is 3. The van der Waals surface area contributed by atoms with Crippen molar-refractivity contribution in [3.05, 3.63) is 65.2 Å². The van der Waals surface area contributed by atoms with Crippen LogP contribution in [0, 0.1) is 11.8 Å². The van der Waals surface area contributed by atoms with Gasteiger partial charge < -0.3 is 15.5 Å². The number of hydrogen-bond donors (Lipinski definition) is 2. The Balaban J connectivity index is 1.36. The zero-order chi connectivity index (χ0) is 22.9. The number of nitrogens with zero attached hydrogens (tertiary/aromatic N) is 1. The van der Waals surface area contributed by atoms with Crippen LogP contribution in [0.5, 0.6) is 0 Å². The zero-order valence-corrected chi connectivity index (χ0v) is 19.7. The number of carbonyl (C=O) groups excluding carboxylic acids is 2. The van der Waals surface area contributed by atoms with Crippen molar-refractivity contribution in [3.8, 4) is 0 Å². The molecule has 5 nitrogen and oxygen atoms in total. The van der Waals surface area contributed by atoms with E-state index in [0.717, 1.165) is 55.2 Å². The first-order valence-electron chi connectivity index (χ1n) is 12.5. The molecular weight excluding hydrogens is 410 g/mol. The van der Waals surface area contributed by atoms with Gasteiger partial charge in [0.1, 0.15) is 0 Å². The van der Waals surface area contributed by atoms with Gasteiger partial charge in [-0.15, -0.1) is 0 Å². The van der Waals surface area contributed by atoms with Crippen LogP contribution in [0.3, 0.4) is 0 Å². The first kappa shape index (κ1) is 22.1. The summed E-state index contributed by atoms with van der Waals surface area (Å²) in [6, 6.07) is 16.4. The highest BCUT2D eigenvalue weighted by Gasteiger charge is 2.37. The van der Waals surface area contributed by atoms with Crippen molar-refractivity contribution >= 4 is 17.5 Å². The van der Waals surface area contributed by atoms with Gasteiger partial charge in [-0.25, -0.2) is 0 Å². The van der Waals surface area contributed by atoms with Crippen LogP contribution in [0.25, 0.3) is 0 Å². The molecule has 2 saturated carbocycles. The Morgan fingerprint density at radius 2 is 1.61 bits per heavy atom. The van der Waals surface area contributed by atoms with Crippen LogP contribution in [-0.4, -0.2) is 42.4 Å². The SMILES string of the molecule is CC(C)c1ccc(C(C(=O)NC2CC2)c2ccccc2NC(=O)C2CN(CC3CC3)C2)cc1. The number of carbonyl (C=O) groups is 2. The molecule has 2 aliphatic carbocycles. The van der Waals surface area contributed by atoms with E-state index in [9.17, 15) is 9.59 Å². The highest BCUT2D eigenvalue weighted by atomic mass is 16.2. The molecule has 2 N–H and O–H groups in total. The molecule has 1 aliphatic heterocycles. The molecule has 5 heteroatoms. The molecule has 0 spiro atoms. The van der Waals surface area contributed by atoms with E-state index in [4.69, 9.17) is 0 Å². The summed E-state index contributed by atoms with van der Waals surface area (Å²) in [5.41, 5.74) is 3.81. The molecule has 2 aromatic carbocycles. The molecule has 0 aromatic heterocycles. The summed E-state index contributed by atoms with van der Waals surface area (Å²) in [5.74, 6) is 0.938. The van der Waals surface area contributed by atoms with E-state index in [2.05, 4.69) is 53.6 Å². The molecular formula is C28H35N3O2. The minimum Gasteiger partial charge on any atom is -0.353 e. The largest absolute Gasteiger partial charge is 0.353 e. The maximum Gasteiger partial charge on any atom is 0.232 e. The van der Waals surface area contributed by atoms with Crippen molar-refractivity contribution in [2.75, 3.05) is 25.0 Å². The number of likely N-dealkylation sites (tertiary alicyclic amines) is 1. The molecule has 0 radical (unpaired) electrons. The number of para-hydroxylation sites is 1. The Labute approximate surface area is 196 Å². The van der Waals surface area contributed by atoms with Crippen LogP contribution in [0.15, 0.2) is 48.5 Å². The van der Waals surface area contributed by atoms with E-state index in [1.54, 1.807) is 0 Å². The van der Waals surface area contributed by atoms with Crippen molar-refractivity contribution in [1.29, 1.82) is 0 Å². The topological polar surface area (TPSA) is 61.4 Å². The molecule has 33 heavy (non-hydrogen) atoms. The number of amides is 2. The smallest absolute Gasteiger partial charge is 0.232 e. The second-order valence-electron chi connectivity index (χ2n) is 10.5. The molecule has 1 saturated heterocycles. The predicted octanol–water partition coefficient (Wildman–Crippen LogP) is 4.50. The summed E-state index contributed by atoms with van der Waals surface area (Å²) in [5, 5.41) is 6.35. The molecule has 1 atom stereocenters. The third kappa shape index (κ3) is 5.30. The van der Waals surface area contributed by atoms with Crippen LogP contribution >= 0.6 is 0 Å². The van der Waals surface area contributed by atoms with Crippen LogP contribution in [0.2, 0.25) is 0 Å². The van der Waals surface area contributed by atoms with Gasteiger partial charge in [0.2, 0.25) is 11.8 Å². The summed E-state index contributed by atoms with van der Waals surface area (Å²) in [6.07, 6.45) is 4.76. The summed E-state index contributed by atoms with van der Waals surface area (Å²) in [6.45, 7) is 7.16. The quantitative estimate of drug-likeness (QED) is 0.597. The fraction of sp³-hybridized carbons (Fsp3) is 0.500. The number of anilines is 1. The van der Waals surface area contributed by atoms with Gasteiger partial charge in [-0.2, -0.15) is 0 Å². The van der Waals surface area contributed by atoms with E-state index < -0.39 is 5.92 Å². The molecule has 2 aromatic rings. The van der Waals surface area contributed by atoms with E-state index >= 15 is 0 Å². The molecule has 1 heterocycles.